The Labute approximate surface area is 118 Å². The Bertz CT molecular complexity index is 523. The first kappa shape index (κ1) is 17.8. The van der Waals surface area contributed by atoms with Crippen molar-refractivity contribution in [1.82, 2.24) is 0 Å². The summed E-state index contributed by atoms with van der Waals surface area (Å²) >= 11 is 0. The number of halogens is 3. The lowest BCUT2D eigenvalue weighted by Crippen LogP contribution is -2.45. The van der Waals surface area contributed by atoms with Gasteiger partial charge in [0.2, 0.25) is 0 Å². The van der Waals surface area contributed by atoms with Gasteiger partial charge < -0.3 is 0 Å². The monoisotopic (exact) mass is 331 g/mol. The van der Waals surface area contributed by atoms with Gasteiger partial charge in [-0.05, 0) is 13.0 Å². The van der Waals surface area contributed by atoms with Crippen LogP contribution < -0.4 is 0 Å². The van der Waals surface area contributed by atoms with Crippen LogP contribution >= 0.6 is 7.82 Å². The average Bonchev–Trinajstić information content (AvgIpc) is 2.39. The number of hydrogen-bond acceptors (Lipinski definition) is 6. The highest BCUT2D eigenvalue weighted by Crippen LogP contribution is 2.55. The minimum atomic E-state index is -4.88. The van der Waals surface area contributed by atoms with Crippen molar-refractivity contribution >= 4 is 7.82 Å². The van der Waals surface area contributed by atoms with Crippen LogP contribution in [0.25, 0.3) is 0 Å². The second-order valence-electron chi connectivity index (χ2n) is 4.30. The topological polar surface area (TPSA) is 87.9 Å². The third-order valence-corrected chi connectivity index (χ3v) is 4.37. The average molecular weight is 331 g/mol. The normalized spacial score (nSPS) is 26.6. The molecule has 2 atom stereocenters. The summed E-state index contributed by atoms with van der Waals surface area (Å²) in [6.07, 6.45) is -4.63. The molecule has 0 aliphatic heterocycles. The van der Waals surface area contributed by atoms with Crippen LogP contribution in [-0.2, 0) is 18.1 Å². The minimum absolute atomic E-state index is 0.410. The van der Waals surface area contributed by atoms with E-state index in [-0.39, 0.29) is 0 Å². The van der Waals surface area contributed by atoms with Gasteiger partial charge in [-0.1, -0.05) is 0 Å². The summed E-state index contributed by atoms with van der Waals surface area (Å²) in [5, 5.41) is 10.6. The SMILES string of the molecule is COP(=O)(OC)OC1C=CC([N+](=O)[O-])=CC1(C)C(F)(F)F. The molecule has 0 aromatic rings. The number of phosphoric acid groups is 1. The van der Waals surface area contributed by atoms with Crippen LogP contribution in [-0.4, -0.2) is 31.4 Å². The van der Waals surface area contributed by atoms with Gasteiger partial charge in [-0.15, -0.1) is 0 Å². The van der Waals surface area contributed by atoms with Crippen LogP contribution in [0.3, 0.4) is 0 Å². The van der Waals surface area contributed by atoms with E-state index in [0.29, 0.717) is 13.0 Å². The van der Waals surface area contributed by atoms with Gasteiger partial charge in [0.05, 0.1) is 4.92 Å². The summed E-state index contributed by atoms with van der Waals surface area (Å²) in [5.74, 6) is 0. The molecule has 0 spiro atoms. The Morgan fingerprint density at radius 1 is 1.38 bits per heavy atom. The molecule has 120 valence electrons. The lowest BCUT2D eigenvalue weighted by atomic mass is 9.79. The lowest BCUT2D eigenvalue weighted by molar-refractivity contribution is -0.421. The van der Waals surface area contributed by atoms with E-state index in [0.717, 1.165) is 26.4 Å². The number of alkyl halides is 3. The van der Waals surface area contributed by atoms with Gasteiger partial charge >= 0.3 is 14.0 Å². The highest BCUT2D eigenvalue weighted by Gasteiger charge is 2.58. The van der Waals surface area contributed by atoms with Crippen LogP contribution in [0.2, 0.25) is 0 Å². The van der Waals surface area contributed by atoms with Gasteiger partial charge in [0, 0.05) is 26.4 Å². The predicted octanol–water partition coefficient (Wildman–Crippen LogP) is 3.07. The van der Waals surface area contributed by atoms with Gasteiger partial charge in [-0.25, -0.2) is 4.57 Å². The van der Waals surface area contributed by atoms with E-state index < -0.39 is 36.1 Å². The first-order valence-corrected chi connectivity index (χ1v) is 6.97. The number of hydrogen-bond donors (Lipinski definition) is 0. The van der Waals surface area contributed by atoms with Crippen molar-refractivity contribution in [3.63, 3.8) is 0 Å². The molecular formula is C10H13F3NO6P. The van der Waals surface area contributed by atoms with Crippen LogP contribution in [0.4, 0.5) is 13.2 Å². The Morgan fingerprint density at radius 2 is 1.90 bits per heavy atom. The molecule has 0 heterocycles. The second-order valence-corrected chi connectivity index (χ2v) is 6.14. The summed E-state index contributed by atoms with van der Waals surface area (Å²) in [7, 11) is -2.30. The molecule has 0 aromatic carbocycles. The maximum atomic E-state index is 13.2. The standard InChI is InChI=1S/C10H13F3NO6P/c1-9(10(11,12)13)6-7(14(15)16)4-5-8(9)20-21(17,18-2)19-3/h4-6,8H,1-3H3. The van der Waals surface area contributed by atoms with E-state index in [9.17, 15) is 27.9 Å². The molecule has 0 fully saturated rings. The summed E-state index contributed by atoms with van der Waals surface area (Å²) in [5.41, 5.74) is -3.49. The van der Waals surface area contributed by atoms with E-state index >= 15 is 0 Å². The lowest BCUT2D eigenvalue weighted by Gasteiger charge is -2.36. The second kappa shape index (κ2) is 5.88. The smallest absolute Gasteiger partial charge is 0.290 e. The number of nitrogens with zero attached hydrogens (tertiary/aromatic N) is 1. The van der Waals surface area contributed by atoms with Crippen molar-refractivity contribution in [3.8, 4) is 0 Å². The molecule has 21 heavy (non-hydrogen) atoms. The number of rotatable bonds is 5. The van der Waals surface area contributed by atoms with Crippen molar-refractivity contribution in [1.29, 1.82) is 0 Å². The quantitative estimate of drug-likeness (QED) is 0.437. The summed E-state index contributed by atoms with van der Waals surface area (Å²) in [6, 6.07) is 0. The number of nitro groups is 1. The van der Waals surface area contributed by atoms with Crippen molar-refractivity contribution in [2.75, 3.05) is 14.2 Å². The van der Waals surface area contributed by atoms with Gasteiger partial charge in [-0.2, -0.15) is 13.2 Å². The van der Waals surface area contributed by atoms with E-state index in [1.165, 1.54) is 0 Å². The highest BCUT2D eigenvalue weighted by molar-refractivity contribution is 7.48. The summed E-state index contributed by atoms with van der Waals surface area (Å²) in [6.45, 7) is 0.695. The molecule has 0 bridgehead atoms. The molecule has 0 N–H and O–H groups in total. The van der Waals surface area contributed by atoms with E-state index in [4.69, 9.17) is 4.52 Å². The van der Waals surface area contributed by atoms with Crippen LogP contribution in [0.15, 0.2) is 23.9 Å². The van der Waals surface area contributed by atoms with E-state index in [1.54, 1.807) is 0 Å². The maximum Gasteiger partial charge on any atom is 0.474 e. The van der Waals surface area contributed by atoms with Crippen LogP contribution in [0, 0.1) is 15.5 Å². The Hall–Kier alpha value is -1.22. The molecule has 1 aliphatic rings. The predicted molar refractivity (Wildman–Crippen MR) is 64.9 cm³/mol. The van der Waals surface area contributed by atoms with E-state index in [2.05, 4.69) is 9.05 Å². The highest BCUT2D eigenvalue weighted by atomic mass is 31.2. The third-order valence-electron chi connectivity index (χ3n) is 2.99. The van der Waals surface area contributed by atoms with E-state index in [1.807, 2.05) is 0 Å². The zero-order chi connectivity index (χ0) is 16.5. The molecule has 1 rings (SSSR count). The largest absolute Gasteiger partial charge is 0.474 e. The fraction of sp³-hybridized carbons (Fsp3) is 0.600. The molecule has 0 saturated heterocycles. The summed E-state index contributed by atoms with van der Waals surface area (Å²) < 4.78 is 65.2. The van der Waals surface area contributed by atoms with Gasteiger partial charge in [0.1, 0.15) is 11.5 Å². The van der Waals surface area contributed by atoms with Gasteiger partial charge in [0.25, 0.3) is 5.70 Å². The first-order chi connectivity index (χ1) is 9.49. The Balaban J connectivity index is 3.25. The molecule has 0 amide bonds. The maximum absolute atomic E-state index is 13.2. The first-order valence-electron chi connectivity index (χ1n) is 5.51. The molecule has 0 aromatic heterocycles. The van der Waals surface area contributed by atoms with Crippen molar-refractivity contribution in [3.05, 3.63) is 34.0 Å². The van der Waals surface area contributed by atoms with Crippen molar-refractivity contribution in [2.24, 2.45) is 5.41 Å². The molecule has 0 radical (unpaired) electrons. The van der Waals surface area contributed by atoms with Gasteiger partial charge in [0.15, 0.2) is 0 Å². The number of phosphoric ester groups is 1. The van der Waals surface area contributed by atoms with Gasteiger partial charge in [-0.3, -0.25) is 23.7 Å². The van der Waals surface area contributed by atoms with Crippen LogP contribution in [0.1, 0.15) is 6.92 Å². The molecule has 2 unspecified atom stereocenters. The molecule has 1 aliphatic carbocycles. The molecule has 11 heteroatoms. The summed E-state index contributed by atoms with van der Waals surface area (Å²) in [4.78, 5) is 9.69. The zero-order valence-electron chi connectivity index (χ0n) is 11.3. The van der Waals surface area contributed by atoms with Crippen molar-refractivity contribution < 1.29 is 36.2 Å². The molecule has 7 nitrogen and oxygen atoms in total. The number of allylic oxidation sites excluding steroid dienone is 1. The molecule has 0 saturated carbocycles. The fourth-order valence-corrected chi connectivity index (χ4v) is 2.51. The Morgan fingerprint density at radius 3 is 2.29 bits per heavy atom. The minimum Gasteiger partial charge on any atom is -0.290 e. The third kappa shape index (κ3) is 3.52. The Kier molecular flexibility index (Phi) is 4.99. The zero-order valence-corrected chi connectivity index (χ0v) is 12.2. The van der Waals surface area contributed by atoms with Crippen LogP contribution in [0.5, 0.6) is 0 Å². The fourth-order valence-electron chi connectivity index (χ4n) is 1.62. The van der Waals surface area contributed by atoms with Crippen molar-refractivity contribution in [2.45, 2.75) is 19.2 Å². The molecular weight excluding hydrogens is 318 g/mol.